The summed E-state index contributed by atoms with van der Waals surface area (Å²) in [5, 5.41) is 9.77. The fourth-order valence-corrected chi connectivity index (χ4v) is 4.29. The molecular weight excluding hydrogens is 340 g/mol. The maximum absolute atomic E-state index is 12.6. The highest BCUT2D eigenvalue weighted by atomic mass is 35.5. The molecule has 2 heterocycles. The molecule has 3 unspecified atom stereocenters. The number of nitrogens with one attached hydrogen (secondary N) is 3. The third-order valence-electron chi connectivity index (χ3n) is 5.73. The Kier molecular flexibility index (Phi) is 7.81. The van der Waals surface area contributed by atoms with Crippen LogP contribution in [0.15, 0.2) is 0 Å². The molecule has 0 aromatic carbocycles. The molecule has 0 aromatic rings. The molecule has 144 valence electrons. The molecule has 3 aliphatic rings. The highest BCUT2D eigenvalue weighted by Gasteiger charge is 2.31. The van der Waals surface area contributed by atoms with Crippen molar-refractivity contribution >= 4 is 24.3 Å². The van der Waals surface area contributed by atoms with E-state index in [0.29, 0.717) is 18.6 Å². The van der Waals surface area contributed by atoms with Crippen LogP contribution in [0.3, 0.4) is 0 Å². The van der Waals surface area contributed by atoms with E-state index < -0.39 is 0 Å². The molecule has 3 fully saturated rings. The summed E-state index contributed by atoms with van der Waals surface area (Å²) in [6, 6.07) is 1.10. The van der Waals surface area contributed by atoms with Crippen molar-refractivity contribution in [3.63, 3.8) is 0 Å². The molecular formula is C18H33ClN4O2. The van der Waals surface area contributed by atoms with Crippen molar-refractivity contribution < 1.29 is 9.59 Å². The molecule has 2 aliphatic heterocycles. The maximum Gasteiger partial charge on any atom is 0.317 e. The van der Waals surface area contributed by atoms with Gasteiger partial charge in [0.2, 0.25) is 5.91 Å². The third kappa shape index (κ3) is 5.74. The van der Waals surface area contributed by atoms with Crippen LogP contribution in [0.25, 0.3) is 0 Å². The fourth-order valence-electron chi connectivity index (χ4n) is 4.29. The number of amides is 3. The SMILES string of the molecule is CC1CC(NC(=O)C2CCCN(C(=O)NC3CCCC3)C2)CCN1.Cl. The lowest BCUT2D eigenvalue weighted by molar-refractivity contribution is -0.127. The van der Waals surface area contributed by atoms with Gasteiger partial charge in [0.15, 0.2) is 0 Å². The van der Waals surface area contributed by atoms with Crippen molar-refractivity contribution in [2.75, 3.05) is 19.6 Å². The summed E-state index contributed by atoms with van der Waals surface area (Å²) in [5.41, 5.74) is 0. The van der Waals surface area contributed by atoms with Crippen LogP contribution in [-0.2, 0) is 4.79 Å². The van der Waals surface area contributed by atoms with E-state index in [4.69, 9.17) is 0 Å². The number of carbonyl (C=O) groups is 2. The van der Waals surface area contributed by atoms with Crippen molar-refractivity contribution in [1.82, 2.24) is 20.9 Å². The van der Waals surface area contributed by atoms with Crippen LogP contribution in [0.4, 0.5) is 4.79 Å². The van der Waals surface area contributed by atoms with Crippen molar-refractivity contribution in [3.8, 4) is 0 Å². The summed E-state index contributed by atoms with van der Waals surface area (Å²) in [6.07, 6.45) is 8.40. The number of hydrogen-bond acceptors (Lipinski definition) is 3. The quantitative estimate of drug-likeness (QED) is 0.709. The first-order valence-corrected chi connectivity index (χ1v) is 9.71. The van der Waals surface area contributed by atoms with Crippen LogP contribution >= 0.6 is 12.4 Å². The minimum Gasteiger partial charge on any atom is -0.353 e. The zero-order valence-corrected chi connectivity index (χ0v) is 16.1. The number of likely N-dealkylation sites (tertiary alicyclic amines) is 1. The summed E-state index contributed by atoms with van der Waals surface area (Å²) in [6.45, 7) is 4.46. The van der Waals surface area contributed by atoms with Gasteiger partial charge in [-0.15, -0.1) is 12.4 Å². The van der Waals surface area contributed by atoms with Crippen molar-refractivity contribution in [3.05, 3.63) is 0 Å². The van der Waals surface area contributed by atoms with Crippen molar-refractivity contribution in [1.29, 1.82) is 0 Å². The van der Waals surface area contributed by atoms with Gasteiger partial charge in [-0.1, -0.05) is 12.8 Å². The largest absolute Gasteiger partial charge is 0.353 e. The number of carbonyl (C=O) groups excluding carboxylic acids is 2. The Balaban J connectivity index is 0.00000225. The van der Waals surface area contributed by atoms with Crippen molar-refractivity contribution in [2.24, 2.45) is 5.92 Å². The van der Waals surface area contributed by atoms with E-state index in [1.165, 1.54) is 12.8 Å². The Labute approximate surface area is 157 Å². The predicted octanol–water partition coefficient (Wildman–Crippen LogP) is 2.03. The predicted molar refractivity (Wildman–Crippen MR) is 101 cm³/mol. The van der Waals surface area contributed by atoms with Gasteiger partial charge in [0.1, 0.15) is 0 Å². The molecule has 0 spiro atoms. The highest BCUT2D eigenvalue weighted by molar-refractivity contribution is 5.85. The molecule has 7 heteroatoms. The third-order valence-corrected chi connectivity index (χ3v) is 5.73. The topological polar surface area (TPSA) is 73.5 Å². The summed E-state index contributed by atoms with van der Waals surface area (Å²) in [4.78, 5) is 26.9. The van der Waals surface area contributed by atoms with Gasteiger partial charge in [0.25, 0.3) is 0 Å². The van der Waals surface area contributed by atoms with Crippen LogP contribution in [-0.4, -0.2) is 54.6 Å². The van der Waals surface area contributed by atoms with E-state index >= 15 is 0 Å². The van der Waals surface area contributed by atoms with Gasteiger partial charge in [-0.2, -0.15) is 0 Å². The second-order valence-corrected chi connectivity index (χ2v) is 7.80. The summed E-state index contributed by atoms with van der Waals surface area (Å²) >= 11 is 0. The molecule has 1 aliphatic carbocycles. The molecule has 6 nitrogen and oxygen atoms in total. The van der Waals surface area contributed by atoms with Crippen LogP contribution in [0.5, 0.6) is 0 Å². The average molecular weight is 373 g/mol. The first kappa shape index (κ1) is 20.3. The van der Waals surface area contributed by atoms with E-state index in [2.05, 4.69) is 22.9 Å². The van der Waals surface area contributed by atoms with Crippen LogP contribution in [0.1, 0.15) is 58.3 Å². The van der Waals surface area contributed by atoms with Gasteiger partial charge in [0.05, 0.1) is 5.92 Å². The lowest BCUT2D eigenvalue weighted by Crippen LogP contribution is -2.53. The Morgan fingerprint density at radius 1 is 1.00 bits per heavy atom. The number of urea groups is 1. The van der Waals surface area contributed by atoms with E-state index in [0.717, 1.165) is 51.6 Å². The van der Waals surface area contributed by atoms with E-state index in [1.54, 1.807) is 0 Å². The second kappa shape index (κ2) is 9.62. The number of halogens is 1. The van der Waals surface area contributed by atoms with Gasteiger partial charge in [-0.3, -0.25) is 4.79 Å². The second-order valence-electron chi connectivity index (χ2n) is 7.80. The molecule has 2 saturated heterocycles. The Hall–Kier alpha value is -1.01. The first-order valence-electron chi connectivity index (χ1n) is 9.71. The fraction of sp³-hybridized carbons (Fsp3) is 0.889. The molecule has 0 radical (unpaired) electrons. The molecule has 3 rings (SSSR count). The molecule has 3 atom stereocenters. The van der Waals surface area contributed by atoms with Crippen LogP contribution < -0.4 is 16.0 Å². The zero-order valence-electron chi connectivity index (χ0n) is 15.3. The van der Waals surface area contributed by atoms with E-state index in [9.17, 15) is 9.59 Å². The van der Waals surface area contributed by atoms with Crippen LogP contribution in [0, 0.1) is 5.92 Å². The lowest BCUT2D eigenvalue weighted by Gasteiger charge is -2.35. The Bertz CT molecular complexity index is 456. The average Bonchev–Trinajstić information content (AvgIpc) is 3.08. The standard InChI is InChI=1S/C18H32N4O2.ClH/c1-13-11-16(8-9-19-13)20-17(23)14-5-4-10-22(12-14)18(24)21-15-6-2-3-7-15;/h13-16,19H,2-12H2,1H3,(H,20,23)(H,21,24);1H. The first-order chi connectivity index (χ1) is 11.6. The van der Waals surface area contributed by atoms with Gasteiger partial charge in [-0.05, 0) is 52.0 Å². The number of piperidine rings is 2. The molecule has 3 amide bonds. The normalized spacial score (nSPS) is 30.4. The van der Waals surface area contributed by atoms with Crippen molar-refractivity contribution in [2.45, 2.75) is 76.4 Å². The smallest absolute Gasteiger partial charge is 0.317 e. The summed E-state index contributed by atoms with van der Waals surface area (Å²) < 4.78 is 0. The molecule has 3 N–H and O–H groups in total. The van der Waals surface area contributed by atoms with Gasteiger partial charge in [0, 0.05) is 31.2 Å². The minimum absolute atomic E-state index is 0. The number of nitrogens with zero attached hydrogens (tertiary/aromatic N) is 1. The maximum atomic E-state index is 12.6. The number of rotatable bonds is 3. The van der Waals surface area contributed by atoms with Gasteiger partial charge >= 0.3 is 6.03 Å². The molecule has 0 aromatic heterocycles. The van der Waals surface area contributed by atoms with Gasteiger partial charge in [-0.25, -0.2) is 4.79 Å². The van der Waals surface area contributed by atoms with Gasteiger partial charge < -0.3 is 20.9 Å². The Morgan fingerprint density at radius 3 is 2.48 bits per heavy atom. The number of hydrogen-bond donors (Lipinski definition) is 3. The summed E-state index contributed by atoms with van der Waals surface area (Å²) in [5.74, 6) is 0.0748. The lowest BCUT2D eigenvalue weighted by atomic mass is 9.95. The monoisotopic (exact) mass is 372 g/mol. The minimum atomic E-state index is -0.0572. The molecule has 0 bridgehead atoms. The zero-order chi connectivity index (χ0) is 16.9. The molecule has 1 saturated carbocycles. The molecule has 25 heavy (non-hydrogen) atoms. The highest BCUT2D eigenvalue weighted by Crippen LogP contribution is 2.21. The summed E-state index contributed by atoms with van der Waals surface area (Å²) in [7, 11) is 0. The van der Waals surface area contributed by atoms with E-state index in [-0.39, 0.29) is 36.3 Å². The Morgan fingerprint density at radius 2 is 1.76 bits per heavy atom. The van der Waals surface area contributed by atoms with E-state index in [1.807, 2.05) is 4.90 Å². The van der Waals surface area contributed by atoms with Crippen LogP contribution in [0.2, 0.25) is 0 Å².